The number of hydrogen-bond acceptors (Lipinski definition) is 3. The third kappa shape index (κ3) is 3.49. The highest BCUT2D eigenvalue weighted by Gasteiger charge is 2.03. The molecule has 3 aromatic rings. The predicted octanol–water partition coefficient (Wildman–Crippen LogP) is 5.32. The Hall–Kier alpha value is -1.72. The lowest BCUT2D eigenvalue weighted by molar-refractivity contribution is 0.626. The van der Waals surface area contributed by atoms with Gasteiger partial charge in [0.25, 0.3) is 0 Å². The van der Waals surface area contributed by atoms with Gasteiger partial charge in [0.2, 0.25) is 0 Å². The van der Waals surface area contributed by atoms with Crippen molar-refractivity contribution in [1.29, 1.82) is 0 Å². The lowest BCUT2D eigenvalue weighted by Gasteiger charge is -2.09. The number of benzene rings is 2. The lowest BCUT2D eigenvalue weighted by atomic mass is 10.2. The van der Waals surface area contributed by atoms with Crippen LogP contribution in [0.25, 0.3) is 10.6 Å². The van der Waals surface area contributed by atoms with E-state index in [9.17, 15) is 4.39 Å². The molecule has 2 nitrogen and oxygen atoms in total. The molecule has 0 saturated heterocycles. The molecule has 0 fully saturated rings. The minimum atomic E-state index is -0.238. The quantitative estimate of drug-likeness (QED) is 0.678. The first-order valence-electron chi connectivity index (χ1n) is 6.40. The fraction of sp³-hybridized carbons (Fsp3) is 0.0625. The van der Waals surface area contributed by atoms with Crippen LogP contribution in [0.5, 0.6) is 0 Å². The minimum Gasteiger partial charge on any atom is -0.381 e. The molecule has 21 heavy (non-hydrogen) atoms. The van der Waals surface area contributed by atoms with Gasteiger partial charge in [-0.1, -0.05) is 22.0 Å². The van der Waals surface area contributed by atoms with Crippen LogP contribution in [-0.2, 0) is 6.54 Å². The third-order valence-electron chi connectivity index (χ3n) is 3.06. The number of hydrogen-bond donors (Lipinski definition) is 1. The van der Waals surface area contributed by atoms with Gasteiger partial charge in [0.05, 0.1) is 0 Å². The van der Waals surface area contributed by atoms with Crippen molar-refractivity contribution >= 4 is 33.0 Å². The molecule has 0 bridgehead atoms. The van der Waals surface area contributed by atoms with Crippen LogP contribution in [0.1, 0.15) is 5.56 Å². The number of nitrogens with one attached hydrogen (secondary N) is 1. The number of anilines is 1. The molecule has 2 aromatic carbocycles. The molecule has 1 N–H and O–H groups in total. The van der Waals surface area contributed by atoms with Crippen molar-refractivity contribution in [3.05, 3.63) is 69.9 Å². The van der Waals surface area contributed by atoms with Crippen LogP contribution in [-0.4, -0.2) is 4.98 Å². The van der Waals surface area contributed by atoms with Crippen molar-refractivity contribution in [1.82, 2.24) is 4.98 Å². The average Bonchev–Trinajstić information content (AvgIpc) is 3.01. The van der Waals surface area contributed by atoms with Gasteiger partial charge in [0.15, 0.2) is 0 Å². The first-order valence-corrected chi connectivity index (χ1v) is 8.07. The van der Waals surface area contributed by atoms with Crippen molar-refractivity contribution in [2.45, 2.75) is 6.54 Å². The monoisotopic (exact) mass is 362 g/mol. The highest BCUT2D eigenvalue weighted by molar-refractivity contribution is 9.10. The summed E-state index contributed by atoms with van der Waals surface area (Å²) in [5, 5.41) is 6.31. The summed E-state index contributed by atoms with van der Waals surface area (Å²) in [5.41, 5.74) is 3.14. The van der Waals surface area contributed by atoms with Gasteiger partial charge in [-0.05, 0) is 42.0 Å². The number of halogens is 2. The van der Waals surface area contributed by atoms with E-state index in [2.05, 4.69) is 26.2 Å². The fourth-order valence-electron chi connectivity index (χ4n) is 1.96. The van der Waals surface area contributed by atoms with E-state index in [1.54, 1.807) is 23.6 Å². The second-order valence-corrected chi connectivity index (χ2v) is 6.25. The van der Waals surface area contributed by atoms with E-state index in [0.717, 1.165) is 26.3 Å². The van der Waals surface area contributed by atoms with Crippen LogP contribution in [0.15, 0.2) is 58.5 Å². The number of nitrogens with zero attached hydrogens (tertiary/aromatic N) is 1. The smallest absolute Gasteiger partial charge is 0.124 e. The molecule has 1 heterocycles. The molecule has 3 rings (SSSR count). The Kier molecular flexibility index (Phi) is 4.31. The van der Waals surface area contributed by atoms with E-state index in [1.807, 2.05) is 29.6 Å². The van der Waals surface area contributed by atoms with Gasteiger partial charge in [-0.15, -0.1) is 11.3 Å². The van der Waals surface area contributed by atoms with Crippen LogP contribution < -0.4 is 5.32 Å². The summed E-state index contributed by atoms with van der Waals surface area (Å²) in [6.07, 6.45) is 1.80. The van der Waals surface area contributed by atoms with Crippen LogP contribution in [0.4, 0.5) is 10.1 Å². The van der Waals surface area contributed by atoms with Gasteiger partial charge in [-0.3, -0.25) is 0 Å². The van der Waals surface area contributed by atoms with Crippen molar-refractivity contribution in [3.8, 4) is 10.6 Å². The first-order chi connectivity index (χ1) is 10.2. The maximum Gasteiger partial charge on any atom is 0.124 e. The first kappa shape index (κ1) is 14.2. The average molecular weight is 363 g/mol. The molecule has 106 valence electrons. The normalized spacial score (nSPS) is 10.6. The van der Waals surface area contributed by atoms with Gasteiger partial charge < -0.3 is 5.32 Å². The zero-order chi connectivity index (χ0) is 14.7. The van der Waals surface area contributed by atoms with Crippen molar-refractivity contribution < 1.29 is 4.39 Å². The molecule has 0 spiro atoms. The summed E-state index contributed by atoms with van der Waals surface area (Å²) in [6, 6.07) is 12.8. The Morgan fingerprint density at radius 2 is 1.95 bits per heavy atom. The van der Waals surface area contributed by atoms with Crippen LogP contribution in [0.2, 0.25) is 0 Å². The molecule has 0 aliphatic rings. The SMILES string of the molecule is Fc1ccc(CNc2ccc(-c3nccs3)cc2)c(Br)c1. The summed E-state index contributed by atoms with van der Waals surface area (Å²) in [7, 11) is 0. The summed E-state index contributed by atoms with van der Waals surface area (Å²) < 4.78 is 13.8. The third-order valence-corrected chi connectivity index (χ3v) is 4.62. The van der Waals surface area contributed by atoms with E-state index in [1.165, 1.54) is 12.1 Å². The van der Waals surface area contributed by atoms with Gasteiger partial charge in [-0.25, -0.2) is 9.37 Å². The fourth-order valence-corrected chi connectivity index (χ4v) is 3.09. The molecule has 0 unspecified atom stereocenters. The Morgan fingerprint density at radius 1 is 1.14 bits per heavy atom. The van der Waals surface area contributed by atoms with Gasteiger partial charge in [0.1, 0.15) is 10.8 Å². The molecule has 0 aliphatic heterocycles. The second kappa shape index (κ2) is 6.37. The highest BCUT2D eigenvalue weighted by atomic mass is 79.9. The van der Waals surface area contributed by atoms with Crippen LogP contribution >= 0.6 is 27.3 Å². The van der Waals surface area contributed by atoms with E-state index in [4.69, 9.17) is 0 Å². The second-order valence-electron chi connectivity index (χ2n) is 4.50. The van der Waals surface area contributed by atoms with Crippen molar-refractivity contribution in [3.63, 3.8) is 0 Å². The van der Waals surface area contributed by atoms with Crippen molar-refractivity contribution in [2.24, 2.45) is 0 Å². The molecule has 0 amide bonds. The molecular weight excluding hydrogens is 351 g/mol. The molecule has 1 aromatic heterocycles. The predicted molar refractivity (Wildman–Crippen MR) is 89.0 cm³/mol. The van der Waals surface area contributed by atoms with Crippen LogP contribution in [0.3, 0.4) is 0 Å². The summed E-state index contributed by atoms with van der Waals surface area (Å²) in [6.45, 7) is 0.636. The molecule has 0 atom stereocenters. The Balaban J connectivity index is 1.68. The highest BCUT2D eigenvalue weighted by Crippen LogP contribution is 2.24. The molecular formula is C16H12BrFN2S. The lowest BCUT2D eigenvalue weighted by Crippen LogP contribution is -2.00. The number of thiazole rings is 1. The maximum absolute atomic E-state index is 13.0. The van der Waals surface area contributed by atoms with Crippen LogP contribution in [0, 0.1) is 5.82 Å². The maximum atomic E-state index is 13.0. The summed E-state index contributed by atoms with van der Waals surface area (Å²) in [4.78, 5) is 4.29. The minimum absolute atomic E-state index is 0.238. The number of aromatic nitrogens is 1. The van der Waals surface area contributed by atoms with Gasteiger partial charge >= 0.3 is 0 Å². The topological polar surface area (TPSA) is 24.9 Å². The standard InChI is InChI=1S/C16H12BrFN2S/c17-15-9-13(18)4-1-12(15)10-20-14-5-2-11(3-6-14)16-19-7-8-21-16/h1-9,20H,10H2. The zero-order valence-electron chi connectivity index (χ0n) is 11.0. The van der Waals surface area contributed by atoms with Crippen molar-refractivity contribution in [2.75, 3.05) is 5.32 Å². The van der Waals surface area contributed by atoms with E-state index in [-0.39, 0.29) is 5.82 Å². The Morgan fingerprint density at radius 3 is 2.62 bits per heavy atom. The number of rotatable bonds is 4. The Bertz CT molecular complexity index is 727. The van der Waals surface area contributed by atoms with E-state index < -0.39 is 0 Å². The largest absolute Gasteiger partial charge is 0.381 e. The molecule has 0 radical (unpaired) electrons. The molecule has 5 heteroatoms. The summed E-state index contributed by atoms with van der Waals surface area (Å²) >= 11 is 4.99. The molecule has 0 aliphatic carbocycles. The summed E-state index contributed by atoms with van der Waals surface area (Å²) in [5.74, 6) is -0.238. The van der Waals surface area contributed by atoms with Gasteiger partial charge in [0, 0.05) is 33.8 Å². The molecule has 0 saturated carbocycles. The van der Waals surface area contributed by atoms with E-state index >= 15 is 0 Å². The van der Waals surface area contributed by atoms with Gasteiger partial charge in [-0.2, -0.15) is 0 Å². The zero-order valence-corrected chi connectivity index (χ0v) is 13.4. The van der Waals surface area contributed by atoms with E-state index in [0.29, 0.717) is 6.54 Å². The Labute approximate surface area is 134 Å².